The molecule has 0 amide bonds. The highest BCUT2D eigenvalue weighted by Gasteiger charge is 2.19. The molecule has 0 radical (unpaired) electrons. The summed E-state index contributed by atoms with van der Waals surface area (Å²) >= 11 is 5.69. The van der Waals surface area contributed by atoms with Gasteiger partial charge in [0.1, 0.15) is 5.02 Å². The lowest BCUT2D eigenvalue weighted by atomic mass is 10.2. The molecule has 0 fully saturated rings. The van der Waals surface area contributed by atoms with E-state index in [9.17, 15) is 14.9 Å². The Morgan fingerprint density at radius 2 is 2.00 bits per heavy atom. The number of esters is 1. The Hall–Kier alpha value is -3.11. The molecule has 2 aromatic rings. The molecule has 0 aliphatic rings. The second kappa shape index (κ2) is 6.77. The van der Waals surface area contributed by atoms with Crippen LogP contribution in [-0.4, -0.2) is 18.0 Å². The summed E-state index contributed by atoms with van der Waals surface area (Å²) in [5.74, 6) is -0.525. The number of nitro benzene ring substituents is 1. The van der Waals surface area contributed by atoms with Crippen molar-refractivity contribution in [2.45, 2.75) is 0 Å². The molecule has 0 aliphatic carbocycles. The van der Waals surface area contributed by atoms with Crippen molar-refractivity contribution < 1.29 is 19.2 Å². The number of nitro groups is 1. The summed E-state index contributed by atoms with van der Waals surface area (Å²) in [6.07, 6.45) is 0. The second-order valence-electron chi connectivity index (χ2n) is 4.29. The number of carbonyl (C=O) groups is 1. The molecule has 23 heavy (non-hydrogen) atoms. The van der Waals surface area contributed by atoms with E-state index in [-0.39, 0.29) is 22.1 Å². The molecule has 0 aliphatic heterocycles. The van der Waals surface area contributed by atoms with Gasteiger partial charge in [0.2, 0.25) is 0 Å². The van der Waals surface area contributed by atoms with Crippen molar-refractivity contribution in [2.75, 3.05) is 7.11 Å². The molecule has 0 aromatic heterocycles. The Kier molecular flexibility index (Phi) is 4.79. The topological polar surface area (TPSA) is 102 Å². The van der Waals surface area contributed by atoms with Gasteiger partial charge >= 0.3 is 5.97 Å². The summed E-state index contributed by atoms with van der Waals surface area (Å²) in [5.41, 5.74) is -0.0933. The van der Waals surface area contributed by atoms with Gasteiger partial charge in [0.05, 0.1) is 29.2 Å². The Bertz CT molecular complexity index is 829. The fraction of sp³-hybridized carbons (Fsp3) is 0.0667. The molecule has 0 saturated heterocycles. The van der Waals surface area contributed by atoms with Crippen LogP contribution in [0.5, 0.6) is 11.5 Å². The van der Waals surface area contributed by atoms with Crippen molar-refractivity contribution in [3.63, 3.8) is 0 Å². The van der Waals surface area contributed by atoms with E-state index < -0.39 is 16.6 Å². The van der Waals surface area contributed by atoms with Crippen LogP contribution in [-0.2, 0) is 0 Å². The number of nitriles is 1. The maximum Gasteiger partial charge on any atom is 0.343 e. The number of methoxy groups -OCH3 is 1. The highest BCUT2D eigenvalue weighted by Crippen LogP contribution is 2.30. The number of hydrogen-bond donors (Lipinski definition) is 0. The Balaban J connectivity index is 2.31. The van der Waals surface area contributed by atoms with Crippen LogP contribution in [0.25, 0.3) is 0 Å². The average Bonchev–Trinajstić information content (AvgIpc) is 2.55. The number of benzene rings is 2. The van der Waals surface area contributed by atoms with E-state index in [1.54, 1.807) is 0 Å². The third kappa shape index (κ3) is 3.56. The highest BCUT2D eigenvalue weighted by atomic mass is 35.5. The smallest absolute Gasteiger partial charge is 0.343 e. The molecule has 0 spiro atoms. The fourth-order valence-corrected chi connectivity index (χ4v) is 1.95. The van der Waals surface area contributed by atoms with Gasteiger partial charge in [-0.25, -0.2) is 4.79 Å². The maximum atomic E-state index is 12.1. The van der Waals surface area contributed by atoms with E-state index in [0.29, 0.717) is 5.56 Å². The Morgan fingerprint density at radius 1 is 1.26 bits per heavy atom. The van der Waals surface area contributed by atoms with Gasteiger partial charge in [-0.05, 0) is 24.3 Å². The van der Waals surface area contributed by atoms with Crippen LogP contribution in [0.1, 0.15) is 15.9 Å². The van der Waals surface area contributed by atoms with Crippen LogP contribution >= 0.6 is 11.6 Å². The molecule has 0 heterocycles. The van der Waals surface area contributed by atoms with Gasteiger partial charge in [-0.1, -0.05) is 11.6 Å². The third-order valence-corrected chi connectivity index (χ3v) is 3.19. The van der Waals surface area contributed by atoms with Crippen LogP contribution in [0.3, 0.4) is 0 Å². The SMILES string of the molecule is COc1cc(C#N)ccc1OC(=O)c1ccc(Cl)c([N+](=O)[O-])c1. The number of carbonyl (C=O) groups excluding carboxylic acids is 1. The van der Waals surface area contributed by atoms with Crippen molar-refractivity contribution in [2.24, 2.45) is 0 Å². The van der Waals surface area contributed by atoms with Crippen LogP contribution < -0.4 is 9.47 Å². The summed E-state index contributed by atoms with van der Waals surface area (Å²) in [7, 11) is 1.36. The highest BCUT2D eigenvalue weighted by molar-refractivity contribution is 6.32. The van der Waals surface area contributed by atoms with Crippen LogP contribution in [0.4, 0.5) is 5.69 Å². The number of halogens is 1. The number of rotatable bonds is 4. The van der Waals surface area contributed by atoms with E-state index in [0.717, 1.165) is 6.07 Å². The van der Waals surface area contributed by atoms with Crippen LogP contribution in [0, 0.1) is 21.4 Å². The first kappa shape index (κ1) is 16.3. The summed E-state index contributed by atoms with van der Waals surface area (Å²) in [6, 6.07) is 9.78. The fourth-order valence-electron chi connectivity index (χ4n) is 1.76. The molecule has 0 N–H and O–H groups in total. The predicted octanol–water partition coefficient (Wildman–Crippen LogP) is 3.35. The van der Waals surface area contributed by atoms with Gasteiger partial charge < -0.3 is 9.47 Å². The standard InChI is InChI=1S/C15H9ClN2O5/c1-22-14-6-9(8-17)2-5-13(14)23-15(19)10-3-4-11(16)12(7-10)18(20)21/h2-7H,1H3. The zero-order valence-electron chi connectivity index (χ0n) is 11.8. The van der Waals surface area contributed by atoms with E-state index >= 15 is 0 Å². The molecule has 0 bridgehead atoms. The Morgan fingerprint density at radius 3 is 2.61 bits per heavy atom. The largest absolute Gasteiger partial charge is 0.493 e. The van der Waals surface area contributed by atoms with E-state index in [4.69, 9.17) is 26.3 Å². The molecule has 0 unspecified atom stereocenters. The first-order chi connectivity index (χ1) is 11.0. The minimum absolute atomic E-state index is 0.0347. The lowest BCUT2D eigenvalue weighted by Gasteiger charge is -2.09. The van der Waals surface area contributed by atoms with Gasteiger partial charge in [0.25, 0.3) is 5.69 Å². The predicted molar refractivity (Wildman–Crippen MR) is 80.8 cm³/mol. The van der Waals surface area contributed by atoms with Crippen molar-refractivity contribution in [1.29, 1.82) is 5.26 Å². The van der Waals surface area contributed by atoms with E-state index in [1.165, 1.54) is 37.4 Å². The van der Waals surface area contributed by atoms with Crippen molar-refractivity contribution >= 4 is 23.3 Å². The van der Waals surface area contributed by atoms with Crippen LogP contribution in [0.2, 0.25) is 5.02 Å². The molecule has 116 valence electrons. The molecular weight excluding hydrogens is 324 g/mol. The lowest BCUT2D eigenvalue weighted by Crippen LogP contribution is -2.10. The monoisotopic (exact) mass is 332 g/mol. The third-order valence-electron chi connectivity index (χ3n) is 2.87. The molecular formula is C15H9ClN2O5. The summed E-state index contributed by atoms with van der Waals surface area (Å²) in [6.45, 7) is 0. The summed E-state index contributed by atoms with van der Waals surface area (Å²) in [4.78, 5) is 22.3. The molecule has 7 nitrogen and oxygen atoms in total. The average molecular weight is 333 g/mol. The van der Waals surface area contributed by atoms with Crippen LogP contribution in [0.15, 0.2) is 36.4 Å². The lowest BCUT2D eigenvalue weighted by molar-refractivity contribution is -0.384. The summed E-state index contributed by atoms with van der Waals surface area (Å²) < 4.78 is 10.2. The number of ether oxygens (including phenoxy) is 2. The maximum absolute atomic E-state index is 12.1. The number of nitrogens with zero attached hydrogens (tertiary/aromatic N) is 2. The Labute approximate surface area is 135 Å². The minimum atomic E-state index is -0.812. The van der Waals surface area contributed by atoms with Gasteiger partial charge in [0.15, 0.2) is 11.5 Å². The van der Waals surface area contributed by atoms with Gasteiger partial charge in [-0.3, -0.25) is 10.1 Å². The summed E-state index contributed by atoms with van der Waals surface area (Å²) in [5, 5.41) is 19.6. The zero-order valence-corrected chi connectivity index (χ0v) is 12.5. The normalized spacial score (nSPS) is 9.78. The van der Waals surface area contributed by atoms with E-state index in [1.807, 2.05) is 6.07 Å². The molecule has 0 atom stereocenters. The van der Waals surface area contributed by atoms with Crippen molar-refractivity contribution in [3.05, 3.63) is 62.7 Å². The van der Waals surface area contributed by atoms with Crippen molar-refractivity contribution in [1.82, 2.24) is 0 Å². The molecule has 8 heteroatoms. The molecule has 0 saturated carbocycles. The minimum Gasteiger partial charge on any atom is -0.493 e. The molecule has 2 rings (SSSR count). The van der Waals surface area contributed by atoms with E-state index in [2.05, 4.69) is 0 Å². The van der Waals surface area contributed by atoms with Crippen molar-refractivity contribution in [3.8, 4) is 17.6 Å². The van der Waals surface area contributed by atoms with Gasteiger partial charge in [-0.15, -0.1) is 0 Å². The van der Waals surface area contributed by atoms with Gasteiger partial charge in [0, 0.05) is 12.1 Å². The first-order valence-electron chi connectivity index (χ1n) is 6.20. The zero-order chi connectivity index (χ0) is 17.0. The quantitative estimate of drug-likeness (QED) is 0.368. The second-order valence-corrected chi connectivity index (χ2v) is 4.70. The first-order valence-corrected chi connectivity index (χ1v) is 6.58. The molecule has 2 aromatic carbocycles. The van der Waals surface area contributed by atoms with Gasteiger partial charge in [-0.2, -0.15) is 5.26 Å². The number of hydrogen-bond acceptors (Lipinski definition) is 6.